The van der Waals surface area contributed by atoms with Crippen molar-refractivity contribution >= 4 is 29.9 Å². The molecule has 1 aliphatic rings. The number of guanidine groups is 1. The maximum Gasteiger partial charge on any atom is 0.226 e. The Bertz CT molecular complexity index is 713. The summed E-state index contributed by atoms with van der Waals surface area (Å²) in [6.07, 6.45) is 7.09. The van der Waals surface area contributed by atoms with Crippen molar-refractivity contribution in [2.24, 2.45) is 4.99 Å². The van der Waals surface area contributed by atoms with Crippen molar-refractivity contribution in [3.05, 3.63) is 42.3 Å². The number of nitrogens with one attached hydrogen (secondary N) is 2. The number of hydrogen-bond acceptors (Lipinski definition) is 4. The monoisotopic (exact) mass is 497 g/mol. The summed E-state index contributed by atoms with van der Waals surface area (Å²) in [5.41, 5.74) is 1.81. The Morgan fingerprint density at radius 3 is 2.68 bits per heavy atom. The molecule has 154 valence electrons. The first-order chi connectivity index (χ1) is 13.3. The van der Waals surface area contributed by atoms with Crippen LogP contribution in [-0.4, -0.2) is 48.6 Å². The predicted molar refractivity (Wildman–Crippen MR) is 125 cm³/mol. The van der Waals surface area contributed by atoms with Gasteiger partial charge in [0, 0.05) is 31.2 Å². The number of nitrogens with zero attached hydrogens (tertiary/aromatic N) is 3. The fraction of sp³-hybridized carbons (Fsp3) is 0.524. The van der Waals surface area contributed by atoms with E-state index >= 15 is 0 Å². The fourth-order valence-corrected chi connectivity index (χ4v) is 3.47. The molecule has 3 rings (SSSR count). The van der Waals surface area contributed by atoms with Gasteiger partial charge in [0.05, 0.1) is 6.54 Å². The topological polar surface area (TPSA) is 65.7 Å². The third-order valence-electron chi connectivity index (χ3n) is 5.02. The largest absolute Gasteiger partial charge is 0.444 e. The van der Waals surface area contributed by atoms with Crippen LogP contribution in [0.15, 0.2) is 46.0 Å². The molecular weight excluding hydrogens is 465 g/mol. The SMILES string of the molecule is CCNC(=NCc1coc(-c2ccccc2)n1)NCCN(C)C1CCCC1.I. The van der Waals surface area contributed by atoms with E-state index in [1.807, 2.05) is 30.3 Å². The number of halogens is 1. The first-order valence-electron chi connectivity index (χ1n) is 9.98. The maximum absolute atomic E-state index is 5.58. The molecular formula is C21H32IN5O. The van der Waals surface area contributed by atoms with Crippen molar-refractivity contribution in [3.63, 3.8) is 0 Å². The average Bonchev–Trinajstić information content (AvgIpc) is 3.39. The third-order valence-corrected chi connectivity index (χ3v) is 5.02. The van der Waals surface area contributed by atoms with E-state index in [0.717, 1.165) is 42.9 Å². The molecule has 28 heavy (non-hydrogen) atoms. The molecule has 0 saturated heterocycles. The fourth-order valence-electron chi connectivity index (χ4n) is 3.47. The van der Waals surface area contributed by atoms with Crippen LogP contribution >= 0.6 is 24.0 Å². The van der Waals surface area contributed by atoms with Crippen LogP contribution in [0, 0.1) is 0 Å². The molecule has 0 atom stereocenters. The number of likely N-dealkylation sites (N-methyl/N-ethyl adjacent to an activating group) is 1. The van der Waals surface area contributed by atoms with Crippen molar-refractivity contribution in [2.45, 2.75) is 45.2 Å². The van der Waals surface area contributed by atoms with Gasteiger partial charge in [0.2, 0.25) is 5.89 Å². The number of aromatic nitrogens is 1. The standard InChI is InChI=1S/C21H31N5O.HI/c1-3-22-21(23-13-14-26(2)19-11-7-8-12-19)24-15-18-16-27-20(25-18)17-9-5-4-6-10-17;/h4-6,9-10,16,19H,3,7-8,11-15H2,1-2H3,(H2,22,23,24);1H. The van der Waals surface area contributed by atoms with E-state index < -0.39 is 0 Å². The molecule has 0 aliphatic heterocycles. The molecule has 0 bridgehead atoms. The van der Waals surface area contributed by atoms with Crippen LogP contribution in [0.2, 0.25) is 0 Å². The van der Waals surface area contributed by atoms with Gasteiger partial charge in [-0.1, -0.05) is 31.0 Å². The van der Waals surface area contributed by atoms with E-state index in [2.05, 4.69) is 39.5 Å². The van der Waals surface area contributed by atoms with Gasteiger partial charge < -0.3 is 20.0 Å². The van der Waals surface area contributed by atoms with Crippen LogP contribution in [0.25, 0.3) is 11.5 Å². The van der Waals surface area contributed by atoms with Gasteiger partial charge in [0.25, 0.3) is 0 Å². The molecule has 1 saturated carbocycles. The lowest BCUT2D eigenvalue weighted by Crippen LogP contribution is -2.42. The van der Waals surface area contributed by atoms with Gasteiger partial charge in [-0.3, -0.25) is 0 Å². The zero-order chi connectivity index (χ0) is 18.9. The quantitative estimate of drug-likeness (QED) is 0.329. The molecule has 1 heterocycles. The summed E-state index contributed by atoms with van der Waals surface area (Å²) < 4.78 is 5.58. The lowest BCUT2D eigenvalue weighted by atomic mass is 10.2. The van der Waals surface area contributed by atoms with E-state index in [4.69, 9.17) is 4.42 Å². The summed E-state index contributed by atoms with van der Waals surface area (Å²) in [6, 6.07) is 10.7. The normalized spacial score (nSPS) is 14.9. The van der Waals surface area contributed by atoms with E-state index in [0.29, 0.717) is 12.4 Å². The first-order valence-corrected chi connectivity index (χ1v) is 9.98. The lowest BCUT2D eigenvalue weighted by molar-refractivity contribution is 0.249. The minimum Gasteiger partial charge on any atom is -0.444 e. The second kappa shape index (κ2) is 12.1. The molecule has 1 aromatic heterocycles. The second-order valence-electron chi connectivity index (χ2n) is 7.05. The number of benzene rings is 1. The molecule has 0 spiro atoms. The summed E-state index contributed by atoms with van der Waals surface area (Å²) in [4.78, 5) is 11.6. The Morgan fingerprint density at radius 2 is 1.96 bits per heavy atom. The Labute approximate surface area is 185 Å². The van der Waals surface area contributed by atoms with Crippen molar-refractivity contribution < 1.29 is 4.42 Å². The molecule has 2 aromatic rings. The van der Waals surface area contributed by atoms with Crippen molar-refractivity contribution in [1.29, 1.82) is 0 Å². The van der Waals surface area contributed by atoms with Crippen LogP contribution in [0.3, 0.4) is 0 Å². The van der Waals surface area contributed by atoms with Crippen molar-refractivity contribution in [1.82, 2.24) is 20.5 Å². The van der Waals surface area contributed by atoms with E-state index in [1.54, 1.807) is 6.26 Å². The van der Waals surface area contributed by atoms with Crippen molar-refractivity contribution in [3.8, 4) is 11.5 Å². The smallest absolute Gasteiger partial charge is 0.226 e. The molecule has 0 unspecified atom stereocenters. The summed E-state index contributed by atoms with van der Waals surface area (Å²) in [5, 5.41) is 6.72. The van der Waals surface area contributed by atoms with Gasteiger partial charge in [-0.2, -0.15) is 0 Å². The number of hydrogen-bond donors (Lipinski definition) is 2. The molecule has 0 radical (unpaired) electrons. The maximum atomic E-state index is 5.58. The summed E-state index contributed by atoms with van der Waals surface area (Å²) in [7, 11) is 2.22. The first kappa shape index (κ1) is 22.7. The van der Waals surface area contributed by atoms with Gasteiger partial charge in [-0.15, -0.1) is 24.0 Å². The second-order valence-corrected chi connectivity index (χ2v) is 7.05. The minimum absolute atomic E-state index is 0. The highest BCUT2D eigenvalue weighted by Crippen LogP contribution is 2.21. The van der Waals surface area contributed by atoms with Crippen LogP contribution in [0.4, 0.5) is 0 Å². The average molecular weight is 497 g/mol. The minimum atomic E-state index is 0. The molecule has 1 aromatic carbocycles. The van der Waals surface area contributed by atoms with Crippen LogP contribution in [0.5, 0.6) is 0 Å². The van der Waals surface area contributed by atoms with Gasteiger partial charge in [0.15, 0.2) is 5.96 Å². The van der Waals surface area contributed by atoms with E-state index in [1.165, 1.54) is 25.7 Å². The highest BCUT2D eigenvalue weighted by atomic mass is 127. The Kier molecular flexibility index (Phi) is 9.77. The summed E-state index contributed by atoms with van der Waals surface area (Å²) in [6.45, 7) is 5.30. The van der Waals surface area contributed by atoms with Gasteiger partial charge in [0.1, 0.15) is 12.0 Å². The molecule has 0 amide bonds. The Hall–Kier alpha value is -1.61. The van der Waals surface area contributed by atoms with Gasteiger partial charge in [-0.05, 0) is 38.9 Å². The zero-order valence-electron chi connectivity index (χ0n) is 16.9. The van der Waals surface area contributed by atoms with Crippen LogP contribution in [-0.2, 0) is 6.54 Å². The number of rotatable bonds is 8. The summed E-state index contributed by atoms with van der Waals surface area (Å²) in [5.74, 6) is 1.46. The molecule has 6 nitrogen and oxygen atoms in total. The molecule has 2 N–H and O–H groups in total. The van der Waals surface area contributed by atoms with E-state index in [9.17, 15) is 0 Å². The van der Waals surface area contributed by atoms with Gasteiger partial charge >= 0.3 is 0 Å². The van der Waals surface area contributed by atoms with Crippen molar-refractivity contribution in [2.75, 3.05) is 26.7 Å². The Morgan fingerprint density at radius 1 is 1.21 bits per heavy atom. The predicted octanol–water partition coefficient (Wildman–Crippen LogP) is 3.89. The van der Waals surface area contributed by atoms with Crippen LogP contribution in [0.1, 0.15) is 38.3 Å². The third kappa shape index (κ3) is 6.77. The highest BCUT2D eigenvalue weighted by molar-refractivity contribution is 14.0. The highest BCUT2D eigenvalue weighted by Gasteiger charge is 2.18. The summed E-state index contributed by atoms with van der Waals surface area (Å²) >= 11 is 0. The zero-order valence-corrected chi connectivity index (χ0v) is 19.2. The number of aliphatic imine (C=N–C) groups is 1. The Balaban J connectivity index is 0.00000280. The van der Waals surface area contributed by atoms with E-state index in [-0.39, 0.29) is 24.0 Å². The molecule has 7 heteroatoms. The molecule has 1 fully saturated rings. The van der Waals surface area contributed by atoms with Gasteiger partial charge in [-0.25, -0.2) is 9.98 Å². The lowest BCUT2D eigenvalue weighted by Gasteiger charge is -2.24. The number of oxazole rings is 1. The molecule has 1 aliphatic carbocycles. The van der Waals surface area contributed by atoms with Crippen LogP contribution < -0.4 is 10.6 Å².